The Morgan fingerprint density at radius 1 is 1.39 bits per heavy atom. The van der Waals surface area contributed by atoms with Crippen molar-refractivity contribution in [1.82, 2.24) is 9.55 Å². The number of hydrogen-bond donors (Lipinski definition) is 0. The van der Waals surface area contributed by atoms with Crippen LogP contribution in [-0.4, -0.2) is 9.55 Å². The predicted molar refractivity (Wildman–Crippen MR) is 81.9 cm³/mol. The first-order valence-corrected chi connectivity index (χ1v) is 7.97. The van der Waals surface area contributed by atoms with E-state index in [-0.39, 0.29) is 0 Å². The minimum Gasteiger partial charge on any atom is -0.335 e. The minimum atomic E-state index is 0.487. The van der Waals surface area contributed by atoms with Crippen molar-refractivity contribution in [2.24, 2.45) is 0 Å². The Kier molecular flexibility index (Phi) is 4.89. The molecule has 0 radical (unpaired) electrons. The summed E-state index contributed by atoms with van der Waals surface area (Å²) in [5.74, 6) is 0. The van der Waals surface area contributed by atoms with Gasteiger partial charge >= 0.3 is 0 Å². The lowest BCUT2D eigenvalue weighted by Gasteiger charge is -2.16. The van der Waals surface area contributed by atoms with Gasteiger partial charge in [0.25, 0.3) is 0 Å². The van der Waals surface area contributed by atoms with Crippen molar-refractivity contribution in [3.63, 3.8) is 0 Å². The fraction of sp³-hybridized carbons (Fsp3) is 0.571. The molecule has 4 heteroatoms. The lowest BCUT2D eigenvalue weighted by Crippen LogP contribution is -2.06. The Balaban J connectivity index is 2.10. The molecule has 0 aliphatic carbocycles. The molecule has 1 unspecified atom stereocenters. The molecular formula is C14H20N2S2. The Labute approximate surface area is 118 Å². The number of hydrogen-bond acceptors (Lipinski definition) is 3. The first-order chi connectivity index (χ1) is 8.74. The molecule has 0 aliphatic heterocycles. The van der Waals surface area contributed by atoms with Crippen molar-refractivity contribution >= 4 is 33.8 Å². The second kappa shape index (κ2) is 6.43. The monoisotopic (exact) mass is 280 g/mol. The molecule has 18 heavy (non-hydrogen) atoms. The third-order valence-electron chi connectivity index (χ3n) is 3.37. The van der Waals surface area contributed by atoms with E-state index in [2.05, 4.69) is 35.7 Å². The fourth-order valence-corrected chi connectivity index (χ4v) is 3.43. The molecule has 0 saturated heterocycles. The molecule has 0 N–H and O–H groups in total. The van der Waals surface area contributed by atoms with Crippen LogP contribution in [0.1, 0.15) is 52.0 Å². The molecule has 2 aromatic rings. The molecule has 2 nitrogen and oxygen atoms in total. The lowest BCUT2D eigenvalue weighted by molar-refractivity contribution is 0.469. The van der Waals surface area contributed by atoms with Crippen LogP contribution in [0.15, 0.2) is 17.8 Å². The van der Waals surface area contributed by atoms with Crippen LogP contribution in [-0.2, 0) is 0 Å². The number of nitrogens with zero attached hydrogens (tertiary/aromatic N) is 2. The molecular weight excluding hydrogens is 260 g/mol. The predicted octanol–water partition coefficient (Wildman–Crippen LogP) is 5.36. The highest BCUT2D eigenvalue weighted by Crippen LogP contribution is 2.23. The van der Waals surface area contributed by atoms with E-state index in [0.717, 1.165) is 14.9 Å². The van der Waals surface area contributed by atoms with Gasteiger partial charge in [0.2, 0.25) is 0 Å². The molecule has 0 fully saturated rings. The Bertz CT molecular complexity index is 556. The summed E-state index contributed by atoms with van der Waals surface area (Å²) >= 11 is 7.20. The number of unbranched alkanes of at least 4 members (excludes halogenated alkanes) is 3. The van der Waals surface area contributed by atoms with E-state index < -0.39 is 0 Å². The largest absolute Gasteiger partial charge is 0.335 e. The molecule has 2 rings (SSSR count). The first-order valence-electron chi connectivity index (χ1n) is 6.68. The van der Waals surface area contributed by atoms with E-state index >= 15 is 0 Å². The standard InChI is InChI=1S/C14H20N2S2/c1-3-4-5-6-7-11(2)16-9-8-12-13(14(16)17)18-10-15-12/h8-11H,3-7H2,1-2H3. The zero-order valence-electron chi connectivity index (χ0n) is 11.1. The minimum absolute atomic E-state index is 0.487. The zero-order valence-corrected chi connectivity index (χ0v) is 12.7. The Morgan fingerprint density at radius 3 is 3.00 bits per heavy atom. The maximum Gasteiger partial charge on any atom is 0.125 e. The SMILES string of the molecule is CCCCCCC(C)n1ccc2ncsc2c1=S. The van der Waals surface area contributed by atoms with Gasteiger partial charge in [-0.15, -0.1) is 11.3 Å². The molecule has 0 amide bonds. The summed E-state index contributed by atoms with van der Waals surface area (Å²) in [4.78, 5) is 4.31. The van der Waals surface area contributed by atoms with Crippen molar-refractivity contribution < 1.29 is 0 Å². The van der Waals surface area contributed by atoms with Crippen LogP contribution in [0.2, 0.25) is 0 Å². The van der Waals surface area contributed by atoms with Gasteiger partial charge in [-0.25, -0.2) is 4.98 Å². The molecule has 98 valence electrons. The lowest BCUT2D eigenvalue weighted by atomic mass is 10.1. The van der Waals surface area contributed by atoms with E-state index in [1.807, 2.05) is 5.51 Å². The van der Waals surface area contributed by atoms with Crippen LogP contribution in [0.25, 0.3) is 10.2 Å². The number of fused-ring (bicyclic) bond motifs is 1. The molecule has 0 saturated carbocycles. The van der Waals surface area contributed by atoms with Crippen molar-refractivity contribution in [3.8, 4) is 0 Å². The van der Waals surface area contributed by atoms with Gasteiger partial charge in [-0.2, -0.15) is 0 Å². The molecule has 2 aromatic heterocycles. The average molecular weight is 280 g/mol. The summed E-state index contributed by atoms with van der Waals surface area (Å²) in [7, 11) is 0. The van der Waals surface area contributed by atoms with Gasteiger partial charge in [0, 0.05) is 12.2 Å². The van der Waals surface area contributed by atoms with E-state index in [0.29, 0.717) is 6.04 Å². The Hall–Kier alpha value is -0.740. The molecule has 0 bridgehead atoms. The summed E-state index contributed by atoms with van der Waals surface area (Å²) in [5, 5.41) is 0. The van der Waals surface area contributed by atoms with Crippen LogP contribution in [0.5, 0.6) is 0 Å². The van der Waals surface area contributed by atoms with Gasteiger partial charge < -0.3 is 4.57 Å². The first kappa shape index (κ1) is 13.7. The van der Waals surface area contributed by atoms with Crippen LogP contribution in [0.3, 0.4) is 0 Å². The summed E-state index contributed by atoms with van der Waals surface area (Å²) < 4.78 is 4.31. The van der Waals surface area contributed by atoms with E-state index in [9.17, 15) is 0 Å². The van der Waals surface area contributed by atoms with E-state index in [1.165, 1.54) is 32.1 Å². The van der Waals surface area contributed by atoms with Gasteiger partial charge in [-0.1, -0.05) is 44.8 Å². The van der Waals surface area contributed by atoms with Gasteiger partial charge in [0.05, 0.1) is 15.7 Å². The second-order valence-electron chi connectivity index (χ2n) is 4.79. The molecule has 2 heterocycles. The number of pyridine rings is 1. The number of thiazole rings is 1. The molecule has 0 aromatic carbocycles. The van der Waals surface area contributed by atoms with Crippen molar-refractivity contribution in [3.05, 3.63) is 22.4 Å². The summed E-state index contributed by atoms with van der Waals surface area (Å²) in [6, 6.07) is 2.56. The van der Waals surface area contributed by atoms with Crippen LogP contribution in [0.4, 0.5) is 0 Å². The average Bonchev–Trinajstić information content (AvgIpc) is 2.84. The maximum atomic E-state index is 5.56. The fourth-order valence-electron chi connectivity index (χ4n) is 2.22. The molecule has 0 spiro atoms. The highest BCUT2D eigenvalue weighted by atomic mass is 32.1. The van der Waals surface area contributed by atoms with Gasteiger partial charge in [-0.05, 0) is 19.4 Å². The summed E-state index contributed by atoms with van der Waals surface area (Å²) in [6.07, 6.45) is 8.55. The third-order valence-corrected chi connectivity index (χ3v) is 4.76. The molecule has 1 atom stereocenters. The van der Waals surface area contributed by atoms with Gasteiger partial charge in [0.15, 0.2) is 0 Å². The van der Waals surface area contributed by atoms with Crippen LogP contribution < -0.4 is 0 Å². The summed E-state index contributed by atoms with van der Waals surface area (Å²) in [5.41, 5.74) is 2.90. The zero-order chi connectivity index (χ0) is 13.0. The van der Waals surface area contributed by atoms with Crippen molar-refractivity contribution in [1.29, 1.82) is 0 Å². The van der Waals surface area contributed by atoms with E-state index in [4.69, 9.17) is 12.2 Å². The van der Waals surface area contributed by atoms with Crippen molar-refractivity contribution in [2.75, 3.05) is 0 Å². The van der Waals surface area contributed by atoms with Gasteiger partial charge in [0.1, 0.15) is 4.64 Å². The maximum absolute atomic E-state index is 5.56. The topological polar surface area (TPSA) is 17.8 Å². The Morgan fingerprint density at radius 2 is 2.22 bits per heavy atom. The summed E-state index contributed by atoms with van der Waals surface area (Å²) in [6.45, 7) is 4.51. The number of rotatable bonds is 6. The van der Waals surface area contributed by atoms with Gasteiger partial charge in [-0.3, -0.25) is 0 Å². The smallest absolute Gasteiger partial charge is 0.125 e. The van der Waals surface area contributed by atoms with Crippen molar-refractivity contribution in [2.45, 2.75) is 52.0 Å². The quantitative estimate of drug-likeness (QED) is 0.523. The number of aromatic nitrogens is 2. The van der Waals surface area contributed by atoms with Crippen LogP contribution in [0, 0.1) is 4.64 Å². The second-order valence-corrected chi connectivity index (χ2v) is 6.03. The normalized spacial score (nSPS) is 13.0. The van der Waals surface area contributed by atoms with Crippen LogP contribution >= 0.6 is 23.6 Å². The highest BCUT2D eigenvalue weighted by Gasteiger charge is 2.07. The highest BCUT2D eigenvalue weighted by molar-refractivity contribution is 7.71. The third kappa shape index (κ3) is 2.98. The van der Waals surface area contributed by atoms with E-state index in [1.54, 1.807) is 11.3 Å². The molecule has 0 aliphatic rings.